The largest absolute Gasteiger partial charge is 0.398 e. The molecule has 1 saturated heterocycles. The van der Waals surface area contributed by atoms with Crippen LogP contribution in [-0.4, -0.2) is 27.2 Å². The van der Waals surface area contributed by atoms with Crippen molar-refractivity contribution in [2.75, 3.05) is 12.3 Å². The van der Waals surface area contributed by atoms with Gasteiger partial charge in [0.05, 0.1) is 17.4 Å². The highest BCUT2D eigenvalue weighted by Gasteiger charge is 2.25. The number of aromatic nitrogens is 3. The number of hydrogen-bond acceptors (Lipinski definition) is 5. The molecule has 2 aromatic carbocycles. The molecule has 2 aromatic heterocycles. The van der Waals surface area contributed by atoms with Gasteiger partial charge in [-0.1, -0.05) is 0 Å². The zero-order valence-electron chi connectivity index (χ0n) is 16.9. The zero-order chi connectivity index (χ0) is 21.7. The van der Waals surface area contributed by atoms with E-state index in [0.717, 1.165) is 39.4 Å². The number of carbonyl (C=O) groups excluding carboxylic acids is 1. The van der Waals surface area contributed by atoms with Gasteiger partial charge in [0.2, 0.25) is 0 Å². The molecule has 1 atom stereocenters. The Morgan fingerprint density at radius 3 is 2.84 bits per heavy atom. The summed E-state index contributed by atoms with van der Waals surface area (Å²) in [6.07, 6.45) is 3.95. The molecule has 6 nitrogen and oxygen atoms in total. The minimum absolute atomic E-state index is 0.271. The monoisotopic (exact) mass is 530 g/mol. The summed E-state index contributed by atoms with van der Waals surface area (Å²) in [7, 11) is 0. The van der Waals surface area contributed by atoms with Crippen molar-refractivity contribution in [3.05, 3.63) is 62.7 Å². The van der Waals surface area contributed by atoms with Crippen molar-refractivity contribution in [2.24, 2.45) is 0 Å². The molecule has 5 rings (SSSR count). The maximum absolute atomic E-state index is 14.8. The number of ether oxygens (including phenoxy) is 1. The predicted molar refractivity (Wildman–Crippen MR) is 126 cm³/mol. The number of nitrogen functional groups attached to an aromatic ring is 1. The standard InChI is InChI=1S/C23H20FIN4O2/c1-12-5-6-14-20(26)15(10-18(25)21(14)28-12)23(30)13-7-8-17(24)22-16(13)11-27-29(22)19-4-2-3-9-31-19/h5-8,10-11,19H,2-4,9,26H2,1H3. The highest BCUT2D eigenvalue weighted by Crippen LogP contribution is 2.33. The van der Waals surface area contributed by atoms with E-state index >= 15 is 0 Å². The Hall–Kier alpha value is -2.59. The number of nitrogens with two attached hydrogens (primary N) is 1. The van der Waals surface area contributed by atoms with E-state index in [0.29, 0.717) is 28.8 Å². The van der Waals surface area contributed by atoms with Crippen LogP contribution in [0.5, 0.6) is 0 Å². The Bertz CT molecular complexity index is 1340. The van der Waals surface area contributed by atoms with Gasteiger partial charge < -0.3 is 10.5 Å². The second-order valence-corrected chi connectivity index (χ2v) is 8.93. The molecule has 4 aromatic rings. The third-order valence-electron chi connectivity index (χ3n) is 5.74. The molecule has 2 N–H and O–H groups in total. The smallest absolute Gasteiger partial charge is 0.195 e. The fraction of sp³-hybridized carbons (Fsp3) is 0.261. The molecule has 31 heavy (non-hydrogen) atoms. The molecule has 158 valence electrons. The average Bonchev–Trinajstić information content (AvgIpc) is 3.23. The summed E-state index contributed by atoms with van der Waals surface area (Å²) in [5.74, 6) is -0.703. The maximum Gasteiger partial charge on any atom is 0.195 e. The first-order valence-corrected chi connectivity index (χ1v) is 11.2. The Morgan fingerprint density at radius 2 is 2.06 bits per heavy atom. The van der Waals surface area contributed by atoms with Crippen LogP contribution >= 0.6 is 22.6 Å². The Kier molecular flexibility index (Phi) is 5.13. The molecule has 0 spiro atoms. The number of nitrogens with zero attached hydrogens (tertiary/aromatic N) is 3. The molecule has 1 aliphatic heterocycles. The van der Waals surface area contributed by atoms with Crippen LogP contribution in [0.3, 0.4) is 0 Å². The molecule has 0 amide bonds. The van der Waals surface area contributed by atoms with Gasteiger partial charge in [-0.05, 0) is 79.1 Å². The molecular weight excluding hydrogens is 510 g/mol. The Labute approximate surface area is 191 Å². The number of pyridine rings is 1. The summed E-state index contributed by atoms with van der Waals surface area (Å²) in [5, 5.41) is 5.55. The van der Waals surface area contributed by atoms with Crippen LogP contribution in [0, 0.1) is 16.3 Å². The summed E-state index contributed by atoms with van der Waals surface area (Å²) in [6, 6.07) is 8.30. The lowest BCUT2D eigenvalue weighted by molar-refractivity contribution is -0.0369. The van der Waals surface area contributed by atoms with Gasteiger partial charge >= 0.3 is 0 Å². The van der Waals surface area contributed by atoms with Crippen molar-refractivity contribution in [1.29, 1.82) is 0 Å². The first-order valence-electron chi connectivity index (χ1n) is 10.1. The summed E-state index contributed by atoms with van der Waals surface area (Å²) < 4.78 is 23.0. The molecule has 1 fully saturated rings. The van der Waals surface area contributed by atoms with Crippen LogP contribution in [0.25, 0.3) is 21.8 Å². The fourth-order valence-electron chi connectivity index (χ4n) is 4.16. The average molecular weight is 530 g/mol. The number of rotatable bonds is 3. The highest BCUT2D eigenvalue weighted by atomic mass is 127. The fourth-order valence-corrected chi connectivity index (χ4v) is 4.89. The zero-order valence-corrected chi connectivity index (χ0v) is 19.0. The van der Waals surface area contributed by atoms with Gasteiger partial charge in [0, 0.05) is 37.8 Å². The topological polar surface area (TPSA) is 83.0 Å². The molecule has 1 aliphatic rings. The number of anilines is 1. The lowest BCUT2D eigenvalue weighted by Crippen LogP contribution is -2.19. The number of halogens is 2. The van der Waals surface area contributed by atoms with E-state index in [2.05, 4.69) is 32.7 Å². The van der Waals surface area contributed by atoms with Crippen molar-refractivity contribution in [2.45, 2.75) is 32.4 Å². The Balaban J connectivity index is 1.66. The molecular formula is C23H20FIN4O2. The van der Waals surface area contributed by atoms with E-state index in [1.807, 2.05) is 19.1 Å². The van der Waals surface area contributed by atoms with E-state index in [9.17, 15) is 9.18 Å². The van der Waals surface area contributed by atoms with Crippen molar-refractivity contribution in [3.63, 3.8) is 0 Å². The minimum atomic E-state index is -0.432. The molecule has 0 bridgehead atoms. The second-order valence-electron chi connectivity index (χ2n) is 7.77. The molecule has 0 aliphatic carbocycles. The van der Waals surface area contributed by atoms with E-state index < -0.39 is 5.82 Å². The molecule has 3 heterocycles. The van der Waals surface area contributed by atoms with E-state index in [-0.39, 0.29) is 17.5 Å². The van der Waals surface area contributed by atoms with E-state index in [1.54, 1.807) is 10.7 Å². The summed E-state index contributed by atoms with van der Waals surface area (Å²) >= 11 is 2.16. The number of benzene rings is 2. The van der Waals surface area contributed by atoms with Crippen molar-refractivity contribution >= 4 is 55.9 Å². The lowest BCUT2D eigenvalue weighted by Gasteiger charge is -2.23. The van der Waals surface area contributed by atoms with Crippen molar-refractivity contribution < 1.29 is 13.9 Å². The van der Waals surface area contributed by atoms with Gasteiger partial charge in [-0.25, -0.2) is 9.07 Å². The number of hydrogen-bond donors (Lipinski definition) is 1. The van der Waals surface area contributed by atoms with Crippen LogP contribution in [0.1, 0.15) is 47.1 Å². The molecule has 1 unspecified atom stereocenters. The van der Waals surface area contributed by atoms with E-state index in [4.69, 9.17) is 10.5 Å². The number of fused-ring (bicyclic) bond motifs is 2. The molecule has 0 radical (unpaired) electrons. The van der Waals surface area contributed by atoms with E-state index in [1.165, 1.54) is 18.3 Å². The third-order valence-corrected chi connectivity index (χ3v) is 6.56. The summed E-state index contributed by atoms with van der Waals surface area (Å²) in [6.45, 7) is 2.53. The summed E-state index contributed by atoms with van der Waals surface area (Å²) in [5.41, 5.74) is 9.42. The minimum Gasteiger partial charge on any atom is -0.398 e. The first-order chi connectivity index (χ1) is 15.0. The van der Waals surface area contributed by atoms with Gasteiger partial charge in [0.15, 0.2) is 12.0 Å². The first kappa shape index (κ1) is 20.3. The van der Waals surface area contributed by atoms with Gasteiger partial charge in [0.1, 0.15) is 11.3 Å². The van der Waals surface area contributed by atoms with Crippen molar-refractivity contribution in [1.82, 2.24) is 14.8 Å². The van der Waals surface area contributed by atoms with Crippen LogP contribution < -0.4 is 5.73 Å². The normalized spacial score (nSPS) is 16.8. The Morgan fingerprint density at radius 1 is 1.23 bits per heavy atom. The second kappa shape index (κ2) is 7.83. The number of ketones is 1. The third kappa shape index (κ3) is 3.38. The SMILES string of the molecule is Cc1ccc2c(N)c(C(=O)c3ccc(F)c4c3cnn4C3CCCCO3)cc(I)c2n1. The number of aryl methyl sites for hydroxylation is 1. The lowest BCUT2D eigenvalue weighted by atomic mass is 9.97. The van der Waals surface area contributed by atoms with Crippen LogP contribution in [0.15, 0.2) is 36.5 Å². The van der Waals surface area contributed by atoms with Crippen LogP contribution in [-0.2, 0) is 4.74 Å². The molecule has 8 heteroatoms. The van der Waals surface area contributed by atoms with Crippen molar-refractivity contribution in [3.8, 4) is 0 Å². The maximum atomic E-state index is 14.8. The predicted octanol–water partition coefficient (Wildman–Crippen LogP) is 5.15. The van der Waals surface area contributed by atoms with Gasteiger partial charge in [-0.2, -0.15) is 5.10 Å². The van der Waals surface area contributed by atoms with Crippen LogP contribution in [0.4, 0.5) is 10.1 Å². The molecule has 0 saturated carbocycles. The van der Waals surface area contributed by atoms with Gasteiger partial charge in [-0.3, -0.25) is 9.78 Å². The number of carbonyl (C=O) groups is 1. The van der Waals surface area contributed by atoms with Gasteiger partial charge in [-0.15, -0.1) is 0 Å². The van der Waals surface area contributed by atoms with Gasteiger partial charge in [0.25, 0.3) is 0 Å². The summed E-state index contributed by atoms with van der Waals surface area (Å²) in [4.78, 5) is 18.1. The quantitative estimate of drug-likeness (QED) is 0.225. The highest BCUT2D eigenvalue weighted by molar-refractivity contribution is 14.1. The van der Waals surface area contributed by atoms with Crippen LogP contribution in [0.2, 0.25) is 0 Å².